The molecule has 1 aromatic heterocycles. The van der Waals surface area contributed by atoms with Crippen molar-refractivity contribution in [2.45, 2.75) is 19.8 Å². The summed E-state index contributed by atoms with van der Waals surface area (Å²) in [5.41, 5.74) is 0.765. The number of hydrogen-bond acceptors (Lipinski definition) is 5. The zero-order valence-corrected chi connectivity index (χ0v) is 11.4. The number of aryl methyl sites for hydroxylation is 1. The quantitative estimate of drug-likeness (QED) is 0.662. The van der Waals surface area contributed by atoms with Gasteiger partial charge in [0.1, 0.15) is 12.0 Å². The highest BCUT2D eigenvalue weighted by atomic mass is 16.6. The van der Waals surface area contributed by atoms with Crippen molar-refractivity contribution in [2.75, 3.05) is 31.6 Å². The minimum atomic E-state index is -0.384. The molecule has 1 aliphatic rings. The number of nitro groups is 1. The third kappa shape index (κ3) is 3.20. The standard InChI is InChI=1S/C13H20N4O2/c1-10-7-13(15-9-12(10)17(18)19)16-5-3-11(4-6-16)8-14-2/h7,9,11,14H,3-6,8H2,1-2H3. The van der Waals surface area contributed by atoms with Gasteiger partial charge in [-0.1, -0.05) is 0 Å². The predicted molar refractivity (Wildman–Crippen MR) is 74.5 cm³/mol. The summed E-state index contributed by atoms with van der Waals surface area (Å²) in [5.74, 6) is 1.58. The number of anilines is 1. The Labute approximate surface area is 113 Å². The summed E-state index contributed by atoms with van der Waals surface area (Å²) in [4.78, 5) is 16.8. The number of pyridine rings is 1. The van der Waals surface area contributed by atoms with E-state index >= 15 is 0 Å². The van der Waals surface area contributed by atoms with E-state index in [2.05, 4.69) is 15.2 Å². The van der Waals surface area contributed by atoms with Gasteiger partial charge in [0.2, 0.25) is 0 Å². The number of nitrogens with one attached hydrogen (secondary N) is 1. The topological polar surface area (TPSA) is 71.3 Å². The molecule has 0 radical (unpaired) electrons. The molecule has 0 atom stereocenters. The smallest absolute Gasteiger partial charge is 0.290 e. The highest BCUT2D eigenvalue weighted by molar-refractivity contribution is 5.48. The highest BCUT2D eigenvalue weighted by Gasteiger charge is 2.21. The van der Waals surface area contributed by atoms with Crippen molar-refractivity contribution in [1.82, 2.24) is 10.3 Å². The second-order valence-corrected chi connectivity index (χ2v) is 5.07. The fourth-order valence-corrected chi connectivity index (χ4v) is 2.55. The largest absolute Gasteiger partial charge is 0.357 e. The fourth-order valence-electron chi connectivity index (χ4n) is 2.55. The fraction of sp³-hybridized carbons (Fsp3) is 0.615. The monoisotopic (exact) mass is 264 g/mol. The van der Waals surface area contributed by atoms with Crippen LogP contribution in [0.2, 0.25) is 0 Å². The van der Waals surface area contributed by atoms with Crippen LogP contribution in [0.25, 0.3) is 0 Å². The van der Waals surface area contributed by atoms with Gasteiger partial charge >= 0.3 is 0 Å². The molecule has 0 spiro atoms. The summed E-state index contributed by atoms with van der Waals surface area (Å²) < 4.78 is 0. The van der Waals surface area contributed by atoms with Gasteiger partial charge in [0.25, 0.3) is 5.69 Å². The molecule has 1 aliphatic heterocycles. The Kier molecular flexibility index (Phi) is 4.31. The zero-order valence-electron chi connectivity index (χ0n) is 11.4. The first kappa shape index (κ1) is 13.7. The molecule has 6 nitrogen and oxygen atoms in total. The lowest BCUT2D eigenvalue weighted by atomic mass is 9.97. The Balaban J connectivity index is 2.04. The molecular weight excluding hydrogens is 244 g/mol. The number of aromatic nitrogens is 1. The Morgan fingerprint density at radius 1 is 1.53 bits per heavy atom. The maximum atomic E-state index is 10.8. The number of hydrogen-bond donors (Lipinski definition) is 1. The molecule has 1 N–H and O–H groups in total. The average molecular weight is 264 g/mol. The maximum Gasteiger partial charge on any atom is 0.290 e. The van der Waals surface area contributed by atoms with Crippen molar-refractivity contribution in [3.8, 4) is 0 Å². The van der Waals surface area contributed by atoms with Crippen LogP contribution in [0.1, 0.15) is 18.4 Å². The highest BCUT2D eigenvalue weighted by Crippen LogP contribution is 2.25. The van der Waals surface area contributed by atoms with Crippen LogP contribution in [0.3, 0.4) is 0 Å². The lowest BCUT2D eigenvalue weighted by Gasteiger charge is -2.32. The van der Waals surface area contributed by atoms with Crippen LogP contribution < -0.4 is 10.2 Å². The van der Waals surface area contributed by atoms with Crippen LogP contribution in [0.5, 0.6) is 0 Å². The summed E-state index contributed by atoms with van der Waals surface area (Å²) >= 11 is 0. The third-order valence-corrected chi connectivity index (χ3v) is 3.70. The van der Waals surface area contributed by atoms with E-state index in [1.165, 1.54) is 6.20 Å². The summed E-state index contributed by atoms with van der Waals surface area (Å²) in [6.45, 7) is 4.75. The molecule has 0 aromatic carbocycles. The molecule has 0 amide bonds. The molecule has 1 saturated heterocycles. The van der Waals surface area contributed by atoms with Gasteiger partial charge in [-0.15, -0.1) is 0 Å². The van der Waals surface area contributed by atoms with Gasteiger partial charge in [-0.3, -0.25) is 10.1 Å². The minimum Gasteiger partial charge on any atom is -0.357 e. The molecule has 2 rings (SSSR count). The van der Waals surface area contributed by atoms with Crippen molar-refractivity contribution in [2.24, 2.45) is 5.92 Å². The summed E-state index contributed by atoms with van der Waals surface area (Å²) in [5, 5.41) is 14.0. The normalized spacial score (nSPS) is 16.6. The van der Waals surface area contributed by atoms with E-state index in [9.17, 15) is 10.1 Å². The van der Waals surface area contributed by atoms with Crippen LogP contribution in [0.15, 0.2) is 12.3 Å². The van der Waals surface area contributed by atoms with Crippen molar-refractivity contribution in [3.05, 3.63) is 27.9 Å². The van der Waals surface area contributed by atoms with Crippen LogP contribution in [0, 0.1) is 23.0 Å². The van der Waals surface area contributed by atoms with E-state index < -0.39 is 0 Å². The second-order valence-electron chi connectivity index (χ2n) is 5.07. The molecule has 6 heteroatoms. The number of nitrogens with zero attached hydrogens (tertiary/aromatic N) is 3. The van der Waals surface area contributed by atoms with E-state index in [1.54, 1.807) is 6.92 Å². The molecule has 0 bridgehead atoms. The molecule has 1 fully saturated rings. The van der Waals surface area contributed by atoms with Gasteiger partial charge in [0.05, 0.1) is 4.92 Å². The molecule has 19 heavy (non-hydrogen) atoms. The molecule has 1 aromatic rings. The van der Waals surface area contributed by atoms with Crippen molar-refractivity contribution < 1.29 is 4.92 Å². The van der Waals surface area contributed by atoms with Gasteiger partial charge in [0.15, 0.2) is 0 Å². The van der Waals surface area contributed by atoms with Gasteiger partial charge in [-0.05, 0) is 45.3 Å². The molecule has 0 saturated carbocycles. The van der Waals surface area contributed by atoms with E-state index in [1.807, 2.05) is 13.1 Å². The molecular formula is C13H20N4O2. The van der Waals surface area contributed by atoms with Crippen LogP contribution in [-0.4, -0.2) is 36.6 Å². The Bertz CT molecular complexity index is 456. The first-order valence-corrected chi connectivity index (χ1v) is 6.62. The lowest BCUT2D eigenvalue weighted by molar-refractivity contribution is -0.385. The molecule has 2 heterocycles. The van der Waals surface area contributed by atoms with E-state index in [0.717, 1.165) is 44.2 Å². The summed E-state index contributed by atoms with van der Waals surface area (Å²) in [6, 6.07) is 1.82. The van der Waals surface area contributed by atoms with Crippen LogP contribution in [0.4, 0.5) is 11.5 Å². The Morgan fingerprint density at radius 2 is 2.21 bits per heavy atom. The Morgan fingerprint density at radius 3 is 2.74 bits per heavy atom. The summed E-state index contributed by atoms with van der Waals surface area (Å²) in [6.07, 6.45) is 3.64. The third-order valence-electron chi connectivity index (χ3n) is 3.70. The van der Waals surface area contributed by atoms with Crippen molar-refractivity contribution in [3.63, 3.8) is 0 Å². The number of rotatable bonds is 4. The van der Waals surface area contributed by atoms with Gasteiger partial charge in [-0.2, -0.15) is 0 Å². The predicted octanol–water partition coefficient (Wildman–Crippen LogP) is 1.73. The van der Waals surface area contributed by atoms with Crippen molar-refractivity contribution in [1.29, 1.82) is 0 Å². The first-order valence-electron chi connectivity index (χ1n) is 6.62. The van der Waals surface area contributed by atoms with E-state index in [0.29, 0.717) is 5.56 Å². The van der Waals surface area contributed by atoms with Crippen molar-refractivity contribution >= 4 is 11.5 Å². The lowest BCUT2D eigenvalue weighted by Crippen LogP contribution is -2.37. The van der Waals surface area contributed by atoms with Crippen LogP contribution in [-0.2, 0) is 0 Å². The average Bonchev–Trinajstić information content (AvgIpc) is 2.39. The van der Waals surface area contributed by atoms with Crippen LogP contribution >= 0.6 is 0 Å². The first-order chi connectivity index (χ1) is 9.11. The maximum absolute atomic E-state index is 10.8. The second kappa shape index (κ2) is 5.97. The summed E-state index contributed by atoms with van der Waals surface area (Å²) in [7, 11) is 1.98. The van der Waals surface area contributed by atoms with Gasteiger partial charge in [0, 0.05) is 18.7 Å². The molecule has 104 valence electrons. The Hall–Kier alpha value is -1.69. The zero-order chi connectivity index (χ0) is 13.8. The van der Waals surface area contributed by atoms with Gasteiger partial charge < -0.3 is 10.2 Å². The molecule has 0 aliphatic carbocycles. The van der Waals surface area contributed by atoms with E-state index in [-0.39, 0.29) is 10.6 Å². The SMILES string of the molecule is CNCC1CCN(c2cc(C)c([N+](=O)[O-])cn2)CC1. The minimum absolute atomic E-state index is 0.0915. The number of piperidine rings is 1. The van der Waals surface area contributed by atoms with E-state index in [4.69, 9.17) is 0 Å². The van der Waals surface area contributed by atoms with Gasteiger partial charge in [-0.25, -0.2) is 4.98 Å². The molecule has 0 unspecified atom stereocenters.